The van der Waals surface area contributed by atoms with E-state index in [1.807, 2.05) is 12.1 Å². The van der Waals surface area contributed by atoms with Gasteiger partial charge in [-0.25, -0.2) is 4.68 Å². The number of hydrogen-bond donors (Lipinski definition) is 2. The smallest absolute Gasteiger partial charge is 0.240 e. The van der Waals surface area contributed by atoms with Gasteiger partial charge in [-0.3, -0.25) is 9.59 Å². The zero-order chi connectivity index (χ0) is 19.5. The molecule has 0 fully saturated rings. The van der Waals surface area contributed by atoms with E-state index in [0.717, 1.165) is 5.69 Å². The summed E-state index contributed by atoms with van der Waals surface area (Å²) in [4.78, 5) is 25.7. The molecule has 1 aromatic heterocycles. The van der Waals surface area contributed by atoms with Gasteiger partial charge < -0.3 is 15.4 Å². The number of aromatic nitrogens is 2. The van der Waals surface area contributed by atoms with Crippen molar-refractivity contribution in [1.82, 2.24) is 9.78 Å². The van der Waals surface area contributed by atoms with E-state index >= 15 is 0 Å². The normalized spacial score (nSPS) is 19.8. The topological polar surface area (TPSA) is 85.2 Å². The quantitative estimate of drug-likeness (QED) is 0.699. The van der Waals surface area contributed by atoms with E-state index < -0.39 is 5.41 Å². The molecule has 0 radical (unpaired) electrons. The summed E-state index contributed by atoms with van der Waals surface area (Å²) in [6.45, 7) is 0. The molecule has 2 N–H and O–H groups in total. The first kappa shape index (κ1) is 16.8. The molecule has 2 aromatic carbocycles. The first-order chi connectivity index (χ1) is 13.5. The second-order valence-corrected chi connectivity index (χ2v) is 7.23. The van der Waals surface area contributed by atoms with Gasteiger partial charge in [0.25, 0.3) is 0 Å². The monoisotopic (exact) mass is 394 g/mol. The Bertz CT molecular complexity index is 1140. The average molecular weight is 395 g/mol. The molecule has 8 heteroatoms. The summed E-state index contributed by atoms with van der Waals surface area (Å²) in [5, 5.41) is 10.7. The Labute approximate surface area is 165 Å². The average Bonchev–Trinajstić information content (AvgIpc) is 3.22. The number of ether oxygens (including phenoxy) is 1. The van der Waals surface area contributed by atoms with Crippen LogP contribution in [0.3, 0.4) is 0 Å². The molecule has 2 aliphatic heterocycles. The van der Waals surface area contributed by atoms with Crippen molar-refractivity contribution in [2.45, 2.75) is 11.8 Å². The van der Waals surface area contributed by atoms with Gasteiger partial charge in [0.05, 0.1) is 19.0 Å². The summed E-state index contributed by atoms with van der Waals surface area (Å²) in [6.07, 6.45) is 1.63. The van der Waals surface area contributed by atoms with Gasteiger partial charge in [-0.05, 0) is 48.0 Å². The Morgan fingerprint density at radius 3 is 2.64 bits per heavy atom. The van der Waals surface area contributed by atoms with Crippen molar-refractivity contribution < 1.29 is 14.3 Å². The van der Waals surface area contributed by atoms with Crippen LogP contribution >= 0.6 is 11.6 Å². The van der Waals surface area contributed by atoms with Crippen molar-refractivity contribution in [2.24, 2.45) is 0 Å². The maximum absolute atomic E-state index is 13.1. The van der Waals surface area contributed by atoms with Gasteiger partial charge in [0.1, 0.15) is 17.0 Å². The van der Waals surface area contributed by atoms with Crippen LogP contribution in [0.15, 0.2) is 48.7 Å². The zero-order valence-electron chi connectivity index (χ0n) is 14.8. The van der Waals surface area contributed by atoms with Crippen LogP contribution in [0.25, 0.3) is 5.69 Å². The Hall–Kier alpha value is -3.32. The Morgan fingerprint density at radius 1 is 1.11 bits per heavy atom. The third kappa shape index (κ3) is 2.20. The van der Waals surface area contributed by atoms with Crippen molar-refractivity contribution in [3.05, 3.63) is 64.8 Å². The lowest BCUT2D eigenvalue weighted by molar-refractivity contribution is -0.125. The second kappa shape index (κ2) is 5.84. The van der Waals surface area contributed by atoms with E-state index in [1.54, 1.807) is 48.3 Å². The molecule has 0 saturated carbocycles. The summed E-state index contributed by atoms with van der Waals surface area (Å²) in [5.41, 5.74) is 1.58. The number of anilines is 2. The molecule has 7 nitrogen and oxygen atoms in total. The van der Waals surface area contributed by atoms with Crippen LogP contribution in [0.2, 0.25) is 5.02 Å². The highest BCUT2D eigenvalue weighted by Gasteiger charge is 2.54. The minimum Gasteiger partial charge on any atom is -0.497 e. The number of hydrogen-bond acceptors (Lipinski definition) is 4. The van der Waals surface area contributed by atoms with Gasteiger partial charge in [0.15, 0.2) is 0 Å². The van der Waals surface area contributed by atoms with Gasteiger partial charge in [0, 0.05) is 22.7 Å². The molecule has 0 bridgehead atoms. The van der Waals surface area contributed by atoms with Crippen molar-refractivity contribution in [2.75, 3.05) is 17.7 Å². The first-order valence-electron chi connectivity index (χ1n) is 8.67. The summed E-state index contributed by atoms with van der Waals surface area (Å²) >= 11 is 6.19. The molecule has 0 unspecified atom stereocenters. The number of benzene rings is 2. The number of carbonyl (C=O) groups excluding carboxylic acids is 2. The fraction of sp³-hybridized carbons (Fsp3) is 0.150. The lowest BCUT2D eigenvalue weighted by Crippen LogP contribution is -2.43. The lowest BCUT2D eigenvalue weighted by Gasteiger charge is -2.31. The fourth-order valence-corrected chi connectivity index (χ4v) is 4.16. The molecular weight excluding hydrogens is 380 g/mol. The Kier molecular flexibility index (Phi) is 3.51. The standard InChI is InChI=1S/C20H15ClN4O3/c1-28-13-5-3-12(4-6-13)25-18-15(10-22-25)20(9-17(26)24-18)14-8-11(21)2-7-16(14)23-19(20)27/h2-8,10H,9H2,1H3,(H,23,27)(H,24,26)/t20-/m1/s1. The Balaban J connectivity index is 1.72. The Morgan fingerprint density at radius 2 is 1.89 bits per heavy atom. The molecule has 0 aliphatic carbocycles. The summed E-state index contributed by atoms with van der Waals surface area (Å²) in [5.74, 6) is 0.675. The number of rotatable bonds is 2. The van der Waals surface area contributed by atoms with Crippen LogP contribution in [0, 0.1) is 0 Å². The van der Waals surface area contributed by atoms with E-state index in [9.17, 15) is 9.59 Å². The summed E-state index contributed by atoms with van der Waals surface area (Å²) in [7, 11) is 1.59. The van der Waals surface area contributed by atoms with Crippen LogP contribution in [-0.2, 0) is 15.0 Å². The van der Waals surface area contributed by atoms with E-state index in [2.05, 4.69) is 15.7 Å². The van der Waals surface area contributed by atoms with Crippen molar-refractivity contribution >= 4 is 34.9 Å². The number of halogens is 1. The number of nitrogens with zero attached hydrogens (tertiary/aromatic N) is 2. The van der Waals surface area contributed by atoms with E-state index in [0.29, 0.717) is 33.4 Å². The van der Waals surface area contributed by atoms with Gasteiger partial charge in [-0.15, -0.1) is 0 Å². The maximum atomic E-state index is 13.1. The SMILES string of the molecule is COc1ccc(-n2ncc3c2NC(=O)C[C@]32C(=O)Nc3ccc(Cl)cc32)cc1. The molecule has 1 atom stereocenters. The third-order valence-electron chi connectivity index (χ3n) is 5.31. The highest BCUT2D eigenvalue weighted by atomic mass is 35.5. The van der Waals surface area contributed by atoms with Gasteiger partial charge in [-0.1, -0.05) is 11.6 Å². The van der Waals surface area contributed by atoms with E-state index in [-0.39, 0.29) is 18.2 Å². The molecule has 2 aliphatic rings. The largest absolute Gasteiger partial charge is 0.497 e. The number of methoxy groups -OCH3 is 1. The molecule has 2 amide bonds. The highest BCUT2D eigenvalue weighted by Crippen LogP contribution is 2.50. The first-order valence-corrected chi connectivity index (χ1v) is 9.05. The minimum atomic E-state index is -1.15. The number of fused-ring (bicyclic) bond motifs is 4. The molecule has 3 heterocycles. The molecule has 140 valence electrons. The predicted octanol–water partition coefficient (Wildman–Crippen LogP) is 3.11. The minimum absolute atomic E-state index is 0.00647. The third-order valence-corrected chi connectivity index (χ3v) is 5.54. The predicted molar refractivity (Wildman–Crippen MR) is 104 cm³/mol. The molecule has 3 aromatic rings. The molecule has 5 rings (SSSR count). The van der Waals surface area contributed by atoms with Gasteiger partial charge >= 0.3 is 0 Å². The zero-order valence-corrected chi connectivity index (χ0v) is 15.6. The number of carbonyl (C=O) groups is 2. The van der Waals surface area contributed by atoms with E-state index in [1.165, 1.54) is 0 Å². The maximum Gasteiger partial charge on any atom is 0.240 e. The van der Waals surface area contributed by atoms with Gasteiger partial charge in [0.2, 0.25) is 11.8 Å². The van der Waals surface area contributed by atoms with Gasteiger partial charge in [-0.2, -0.15) is 5.10 Å². The van der Waals surface area contributed by atoms with Crippen LogP contribution in [0.1, 0.15) is 17.5 Å². The highest BCUT2D eigenvalue weighted by molar-refractivity contribution is 6.31. The summed E-state index contributed by atoms with van der Waals surface area (Å²) < 4.78 is 6.81. The van der Waals surface area contributed by atoms with Crippen LogP contribution in [0.4, 0.5) is 11.5 Å². The number of nitrogens with one attached hydrogen (secondary N) is 2. The van der Waals surface area contributed by atoms with Crippen LogP contribution in [0.5, 0.6) is 5.75 Å². The van der Waals surface area contributed by atoms with Crippen LogP contribution < -0.4 is 15.4 Å². The number of amides is 2. The molecule has 28 heavy (non-hydrogen) atoms. The summed E-state index contributed by atoms with van der Waals surface area (Å²) in [6, 6.07) is 12.5. The molecule has 1 spiro atoms. The lowest BCUT2D eigenvalue weighted by atomic mass is 9.72. The van der Waals surface area contributed by atoms with Crippen LogP contribution in [-0.4, -0.2) is 28.7 Å². The van der Waals surface area contributed by atoms with Crippen molar-refractivity contribution in [3.8, 4) is 11.4 Å². The van der Waals surface area contributed by atoms with Crippen molar-refractivity contribution in [1.29, 1.82) is 0 Å². The fourth-order valence-electron chi connectivity index (χ4n) is 3.99. The van der Waals surface area contributed by atoms with E-state index in [4.69, 9.17) is 16.3 Å². The molecule has 0 saturated heterocycles. The molecular formula is C20H15ClN4O3. The second-order valence-electron chi connectivity index (χ2n) is 6.79. The van der Waals surface area contributed by atoms with Crippen molar-refractivity contribution in [3.63, 3.8) is 0 Å².